The molecule has 8 heteroatoms. The fourth-order valence-electron chi connectivity index (χ4n) is 3.28. The summed E-state index contributed by atoms with van der Waals surface area (Å²) in [5.41, 5.74) is 1.62. The van der Waals surface area contributed by atoms with Gasteiger partial charge in [0.25, 0.3) is 0 Å². The minimum Gasteiger partial charge on any atom is -0.495 e. The number of fused-ring (bicyclic) bond motifs is 3. The first-order valence-electron chi connectivity index (χ1n) is 9.03. The summed E-state index contributed by atoms with van der Waals surface area (Å²) in [5, 5.41) is 13.3. The maximum absolute atomic E-state index is 12.4. The smallest absolute Gasteiger partial charge is 0.341 e. The van der Waals surface area contributed by atoms with Crippen LogP contribution < -0.4 is 14.8 Å². The van der Waals surface area contributed by atoms with Crippen molar-refractivity contribution in [1.29, 1.82) is 0 Å². The van der Waals surface area contributed by atoms with Crippen LogP contribution in [0.5, 0.6) is 11.5 Å². The number of hydrogen-bond acceptors (Lipinski definition) is 6. The molecule has 3 rings (SSSR count). The summed E-state index contributed by atoms with van der Waals surface area (Å²) in [6.45, 7) is 6.48. The van der Waals surface area contributed by atoms with Crippen LogP contribution in [0.15, 0.2) is 29.6 Å². The van der Waals surface area contributed by atoms with Crippen LogP contribution in [-0.2, 0) is 4.74 Å². The quantitative estimate of drug-likeness (QED) is 0.473. The third kappa shape index (κ3) is 3.54. The normalized spacial score (nSPS) is 16.1. The Morgan fingerprint density at radius 3 is 2.79 bits per heavy atom. The average Bonchev–Trinajstić information content (AvgIpc) is 2.82. The van der Waals surface area contributed by atoms with Crippen LogP contribution in [0.3, 0.4) is 0 Å². The first kappa shape index (κ1) is 20.1. The number of benzene rings is 1. The fraction of sp³-hybridized carbons (Fsp3) is 0.400. The molecule has 0 saturated heterocycles. The third-order valence-electron chi connectivity index (χ3n) is 4.77. The highest BCUT2D eigenvalue weighted by Crippen LogP contribution is 2.42. The van der Waals surface area contributed by atoms with Crippen molar-refractivity contribution in [2.75, 3.05) is 20.3 Å². The second-order valence-electron chi connectivity index (χ2n) is 6.79. The standard InChI is InChI=1S/C20H23ClN2O5/c1-5-27-20(24)13-9-23-16(7-15(13)22-25)12-6-14(21)19(26-4)8-18(12)28-10-17(23)11(2)3/h6-9,11,17,25H,5,10H2,1-4H3/b22-15-. The van der Waals surface area contributed by atoms with E-state index in [0.29, 0.717) is 28.7 Å². The molecule has 2 aromatic rings. The van der Waals surface area contributed by atoms with Gasteiger partial charge in [-0.3, -0.25) is 0 Å². The Morgan fingerprint density at radius 1 is 1.43 bits per heavy atom. The predicted octanol–water partition coefficient (Wildman–Crippen LogP) is 3.87. The second-order valence-corrected chi connectivity index (χ2v) is 7.20. The van der Waals surface area contributed by atoms with Gasteiger partial charge in [0.2, 0.25) is 0 Å². The molecule has 1 aromatic heterocycles. The summed E-state index contributed by atoms with van der Waals surface area (Å²) in [4.78, 5) is 12.4. The minimum absolute atomic E-state index is 0.0620. The number of carbonyl (C=O) groups is 1. The zero-order chi connectivity index (χ0) is 20.4. The molecule has 1 aliphatic rings. The van der Waals surface area contributed by atoms with Gasteiger partial charge in [-0.1, -0.05) is 30.6 Å². The Bertz CT molecular complexity index is 968. The molecule has 0 radical (unpaired) electrons. The fourth-order valence-corrected chi connectivity index (χ4v) is 3.52. The van der Waals surface area contributed by atoms with Crippen molar-refractivity contribution >= 4 is 17.6 Å². The summed E-state index contributed by atoms with van der Waals surface area (Å²) >= 11 is 6.34. The number of carbonyl (C=O) groups excluding carboxylic acids is 1. The van der Waals surface area contributed by atoms with Gasteiger partial charge < -0.3 is 24.0 Å². The molecule has 2 heterocycles. The molecule has 1 aromatic carbocycles. The summed E-state index contributed by atoms with van der Waals surface area (Å²) in [7, 11) is 1.54. The highest BCUT2D eigenvalue weighted by molar-refractivity contribution is 6.32. The van der Waals surface area contributed by atoms with Crippen LogP contribution in [-0.4, -0.2) is 36.1 Å². The topological polar surface area (TPSA) is 82.3 Å². The van der Waals surface area contributed by atoms with E-state index in [1.54, 1.807) is 31.3 Å². The number of aromatic nitrogens is 1. The second kappa shape index (κ2) is 8.14. The molecule has 0 bridgehead atoms. The van der Waals surface area contributed by atoms with Crippen molar-refractivity contribution in [2.24, 2.45) is 11.1 Å². The van der Waals surface area contributed by atoms with Crippen molar-refractivity contribution in [3.63, 3.8) is 0 Å². The Hall–Kier alpha value is -2.67. The highest BCUT2D eigenvalue weighted by atomic mass is 35.5. The first-order chi connectivity index (χ1) is 13.4. The van der Waals surface area contributed by atoms with Crippen molar-refractivity contribution in [3.05, 3.63) is 40.3 Å². The number of halogens is 1. The van der Waals surface area contributed by atoms with Crippen LogP contribution in [0, 0.1) is 5.92 Å². The SMILES string of the molecule is CCOC(=O)c1cn2c(c/c1=N/O)-c1cc(Cl)c(OC)cc1OCC2C(C)C. The Morgan fingerprint density at radius 2 is 2.18 bits per heavy atom. The van der Waals surface area contributed by atoms with Gasteiger partial charge in [0.15, 0.2) is 0 Å². The van der Waals surface area contributed by atoms with E-state index in [1.807, 2.05) is 4.57 Å². The van der Waals surface area contributed by atoms with Crippen LogP contribution in [0.4, 0.5) is 0 Å². The molecule has 28 heavy (non-hydrogen) atoms. The maximum Gasteiger partial charge on any atom is 0.341 e. The number of rotatable bonds is 4. The molecule has 1 N–H and O–H groups in total. The summed E-state index contributed by atoms with van der Waals surface area (Å²) in [5.74, 6) is 0.768. The zero-order valence-electron chi connectivity index (χ0n) is 16.2. The van der Waals surface area contributed by atoms with E-state index in [1.165, 1.54) is 7.11 Å². The van der Waals surface area contributed by atoms with Gasteiger partial charge in [-0.2, -0.15) is 0 Å². The van der Waals surface area contributed by atoms with Gasteiger partial charge in [-0.15, -0.1) is 0 Å². The Labute approximate surface area is 168 Å². The zero-order valence-corrected chi connectivity index (χ0v) is 17.0. The van der Waals surface area contributed by atoms with Gasteiger partial charge in [0.05, 0.1) is 30.5 Å². The number of hydrogen-bond donors (Lipinski definition) is 1. The number of esters is 1. The highest BCUT2D eigenvalue weighted by Gasteiger charge is 2.27. The average molecular weight is 407 g/mol. The lowest BCUT2D eigenvalue weighted by Crippen LogP contribution is -2.27. The maximum atomic E-state index is 12.4. The largest absolute Gasteiger partial charge is 0.495 e. The molecular weight excluding hydrogens is 384 g/mol. The molecule has 0 fully saturated rings. The van der Waals surface area contributed by atoms with Gasteiger partial charge in [-0.25, -0.2) is 4.79 Å². The van der Waals surface area contributed by atoms with E-state index in [-0.39, 0.29) is 29.5 Å². The van der Waals surface area contributed by atoms with Gasteiger partial charge in [-0.05, 0) is 25.0 Å². The van der Waals surface area contributed by atoms with Gasteiger partial charge >= 0.3 is 5.97 Å². The van der Waals surface area contributed by atoms with Crippen LogP contribution >= 0.6 is 11.6 Å². The van der Waals surface area contributed by atoms with E-state index in [9.17, 15) is 10.0 Å². The third-order valence-corrected chi connectivity index (χ3v) is 5.06. The van der Waals surface area contributed by atoms with Crippen molar-refractivity contribution in [2.45, 2.75) is 26.8 Å². The predicted molar refractivity (Wildman–Crippen MR) is 104 cm³/mol. The number of nitrogens with zero attached hydrogens (tertiary/aromatic N) is 2. The molecule has 1 unspecified atom stereocenters. The lowest BCUT2D eigenvalue weighted by Gasteiger charge is -2.25. The molecule has 150 valence electrons. The Balaban J connectivity index is 2.31. The monoisotopic (exact) mass is 406 g/mol. The minimum atomic E-state index is -0.550. The lowest BCUT2D eigenvalue weighted by atomic mass is 10.0. The number of methoxy groups -OCH3 is 1. The molecule has 0 aliphatic carbocycles. The summed E-state index contributed by atoms with van der Waals surface area (Å²) in [6, 6.07) is 5.06. The molecule has 0 amide bonds. The van der Waals surface area contributed by atoms with E-state index in [4.69, 9.17) is 25.8 Å². The Kier molecular flexibility index (Phi) is 5.84. The van der Waals surface area contributed by atoms with Gasteiger partial charge in [0.1, 0.15) is 29.0 Å². The summed E-state index contributed by atoms with van der Waals surface area (Å²) < 4.78 is 18.4. The van der Waals surface area contributed by atoms with E-state index in [2.05, 4.69) is 19.0 Å². The van der Waals surface area contributed by atoms with Crippen molar-refractivity contribution < 1.29 is 24.2 Å². The van der Waals surface area contributed by atoms with E-state index in [0.717, 1.165) is 5.69 Å². The molecular formula is C20H23ClN2O5. The van der Waals surface area contributed by atoms with Gasteiger partial charge in [0, 0.05) is 17.8 Å². The number of pyridine rings is 1. The van der Waals surface area contributed by atoms with E-state index < -0.39 is 5.97 Å². The van der Waals surface area contributed by atoms with Crippen molar-refractivity contribution in [1.82, 2.24) is 4.57 Å². The van der Waals surface area contributed by atoms with Crippen LogP contribution in [0.1, 0.15) is 37.2 Å². The van der Waals surface area contributed by atoms with E-state index >= 15 is 0 Å². The van der Waals surface area contributed by atoms with Crippen molar-refractivity contribution in [3.8, 4) is 22.8 Å². The molecule has 0 saturated carbocycles. The molecule has 1 aliphatic heterocycles. The molecule has 1 atom stereocenters. The molecule has 7 nitrogen and oxygen atoms in total. The first-order valence-corrected chi connectivity index (χ1v) is 9.41. The lowest BCUT2D eigenvalue weighted by molar-refractivity contribution is 0.0521. The molecule has 0 spiro atoms. The van der Waals surface area contributed by atoms with Crippen LogP contribution in [0.2, 0.25) is 5.02 Å². The van der Waals surface area contributed by atoms with Crippen LogP contribution in [0.25, 0.3) is 11.3 Å². The summed E-state index contributed by atoms with van der Waals surface area (Å²) in [6.07, 6.45) is 1.66. The number of ether oxygens (including phenoxy) is 3.